The molecule has 4 heteroatoms. The molecule has 76 heavy (non-hydrogen) atoms. The molecule has 0 radical (unpaired) electrons. The van der Waals surface area contributed by atoms with Crippen LogP contribution in [-0.2, 0) is 0 Å². The van der Waals surface area contributed by atoms with Crippen LogP contribution in [0.25, 0.3) is 34.9 Å². The molecule has 0 spiro atoms. The number of rotatable bonds is 21. The summed E-state index contributed by atoms with van der Waals surface area (Å²) < 4.78 is 0. The highest BCUT2D eigenvalue weighted by Gasteiger charge is 2.16. The van der Waals surface area contributed by atoms with E-state index in [1.54, 1.807) is 0 Å². The van der Waals surface area contributed by atoms with Gasteiger partial charge in [0, 0.05) is 73.4 Å². The highest BCUT2D eigenvalue weighted by molar-refractivity contribution is 5.95. The molecule has 9 aromatic rings. The first-order chi connectivity index (χ1) is 37.4. The van der Waals surface area contributed by atoms with E-state index in [0.717, 1.165) is 73.0 Å². The zero-order valence-electron chi connectivity index (χ0n) is 45.3. The van der Waals surface area contributed by atoms with Crippen molar-refractivity contribution < 1.29 is 0 Å². The zero-order valence-corrected chi connectivity index (χ0v) is 45.3. The second kappa shape index (κ2) is 25.6. The maximum absolute atomic E-state index is 2.39. The Balaban J connectivity index is 1.10. The predicted molar refractivity (Wildman–Crippen MR) is 331 cm³/mol. The molecule has 0 bridgehead atoms. The summed E-state index contributed by atoms with van der Waals surface area (Å²) in [6.07, 6.45) is 6.96. The number of benzene rings is 9. The van der Waals surface area contributed by atoms with Crippen LogP contribution in [0.1, 0.15) is 91.6 Å². The van der Waals surface area contributed by atoms with E-state index in [-0.39, 0.29) is 0 Å². The molecule has 0 aliphatic carbocycles. The first-order valence-electron chi connectivity index (χ1n) is 27.4. The fourth-order valence-corrected chi connectivity index (χ4v) is 10.3. The summed E-state index contributed by atoms with van der Waals surface area (Å²) in [5.74, 6) is 0. The fourth-order valence-electron chi connectivity index (χ4n) is 10.3. The zero-order chi connectivity index (χ0) is 52.6. The maximum atomic E-state index is 2.39. The van der Waals surface area contributed by atoms with Gasteiger partial charge >= 0.3 is 0 Å². The molecule has 0 saturated carbocycles. The third kappa shape index (κ3) is 12.5. The summed E-state index contributed by atoms with van der Waals surface area (Å²) >= 11 is 0. The van der Waals surface area contributed by atoms with E-state index in [4.69, 9.17) is 0 Å². The van der Waals surface area contributed by atoms with Gasteiger partial charge in [-0.2, -0.15) is 0 Å². The van der Waals surface area contributed by atoms with Crippen molar-refractivity contribution in [3.05, 3.63) is 287 Å². The molecular weight excluding hydrogens is 921 g/mol. The minimum absolute atomic E-state index is 0.979. The van der Waals surface area contributed by atoms with E-state index in [9.17, 15) is 0 Å². The molecule has 0 saturated heterocycles. The summed E-state index contributed by atoms with van der Waals surface area (Å²) in [6, 6.07) is 86.3. The van der Waals surface area contributed by atoms with E-state index < -0.39 is 0 Å². The maximum Gasteiger partial charge on any atom is 0.0462 e. The molecule has 0 unspecified atom stereocenters. The Kier molecular flexibility index (Phi) is 17.6. The average Bonchev–Trinajstić information content (AvgIpc) is 3.49. The SMILES string of the molecule is CCN(CC)c1ccc(/C(=C/c2ccc(N(c3ccc(/C=C(\c4ccccc4)c4ccc(N(CC)CC)cc4)cc3)c3ccc(/C=C(\c4ccccc4)c4ccc(N(CC)CC)cc4)cc3)cc2)c2ccccc2)cc1. The van der Waals surface area contributed by atoms with Gasteiger partial charge in [0.15, 0.2) is 0 Å². The van der Waals surface area contributed by atoms with Crippen LogP contribution < -0.4 is 19.6 Å². The molecule has 0 fully saturated rings. The third-order valence-electron chi connectivity index (χ3n) is 14.6. The topological polar surface area (TPSA) is 13.0 Å². The Morgan fingerprint density at radius 3 is 0.645 bits per heavy atom. The van der Waals surface area contributed by atoms with Crippen molar-refractivity contribution in [1.29, 1.82) is 0 Å². The lowest BCUT2D eigenvalue weighted by Gasteiger charge is -2.26. The Hall–Kier alpha value is -8.60. The average molecular weight is 993 g/mol. The summed E-state index contributed by atoms with van der Waals surface area (Å²) in [5, 5.41) is 0. The van der Waals surface area contributed by atoms with Gasteiger partial charge in [0.2, 0.25) is 0 Å². The molecule has 4 nitrogen and oxygen atoms in total. The van der Waals surface area contributed by atoms with Crippen LogP contribution in [0.4, 0.5) is 34.1 Å². The normalized spacial score (nSPS) is 11.8. The van der Waals surface area contributed by atoms with Gasteiger partial charge in [-0.15, -0.1) is 0 Å². The third-order valence-corrected chi connectivity index (χ3v) is 14.6. The van der Waals surface area contributed by atoms with Crippen molar-refractivity contribution in [1.82, 2.24) is 0 Å². The van der Waals surface area contributed by atoms with Crippen LogP contribution in [0.2, 0.25) is 0 Å². The van der Waals surface area contributed by atoms with Crippen LogP contribution in [0.5, 0.6) is 0 Å². The van der Waals surface area contributed by atoms with Crippen molar-refractivity contribution in [3.8, 4) is 0 Å². The highest BCUT2D eigenvalue weighted by atomic mass is 15.1. The lowest BCUT2D eigenvalue weighted by molar-refractivity contribution is 0.866. The lowest BCUT2D eigenvalue weighted by Crippen LogP contribution is -2.21. The summed E-state index contributed by atoms with van der Waals surface area (Å²) in [4.78, 5) is 9.53. The molecule has 0 aliphatic heterocycles. The number of anilines is 6. The monoisotopic (exact) mass is 993 g/mol. The Bertz CT molecular complexity index is 2930. The molecule has 0 N–H and O–H groups in total. The van der Waals surface area contributed by atoms with Crippen LogP contribution in [0.15, 0.2) is 237 Å². The Labute approximate surface area is 453 Å². The molecule has 9 aromatic carbocycles. The number of hydrogen-bond donors (Lipinski definition) is 0. The van der Waals surface area contributed by atoms with E-state index >= 15 is 0 Å². The standard InChI is InChI=1S/C72H72N4/c1-7-73(8-2)64-46-34-61(35-47-64)70(58-22-16-13-17-23-58)52-55-28-40-67(41-29-55)76(68-42-30-56(31-43-68)53-71(59-24-18-14-19-25-59)62-36-48-65(49-37-62)74(9-3)10-4)69-44-32-57(33-45-69)54-72(60-26-20-15-21-27-60)63-38-50-66(51-39-63)75(11-5)12-6/h13-54H,7-12H2,1-6H3/b70-52+,71-53+,72-54+. The van der Waals surface area contributed by atoms with Gasteiger partial charge < -0.3 is 19.6 Å². The molecule has 380 valence electrons. The molecule has 9 rings (SSSR count). The van der Waals surface area contributed by atoms with Gasteiger partial charge in [0.25, 0.3) is 0 Å². The molecule has 0 heterocycles. The smallest absolute Gasteiger partial charge is 0.0462 e. The van der Waals surface area contributed by atoms with Crippen LogP contribution >= 0.6 is 0 Å². The summed E-state index contributed by atoms with van der Waals surface area (Å²) in [7, 11) is 0. The van der Waals surface area contributed by atoms with Crippen LogP contribution in [0.3, 0.4) is 0 Å². The molecule has 0 atom stereocenters. The van der Waals surface area contributed by atoms with Crippen LogP contribution in [-0.4, -0.2) is 39.3 Å². The second-order valence-electron chi connectivity index (χ2n) is 19.0. The van der Waals surface area contributed by atoms with Crippen molar-refractivity contribution in [2.75, 3.05) is 58.9 Å². The van der Waals surface area contributed by atoms with Gasteiger partial charge in [0.1, 0.15) is 0 Å². The van der Waals surface area contributed by atoms with Crippen molar-refractivity contribution in [2.24, 2.45) is 0 Å². The molecule has 0 amide bonds. The predicted octanol–water partition coefficient (Wildman–Crippen LogP) is 18.5. The molecular formula is C72H72N4. The molecule has 0 aromatic heterocycles. The van der Waals surface area contributed by atoms with Gasteiger partial charge in [-0.3, -0.25) is 0 Å². The van der Waals surface area contributed by atoms with Crippen molar-refractivity contribution in [2.45, 2.75) is 41.5 Å². The van der Waals surface area contributed by atoms with E-state index in [1.165, 1.54) is 67.2 Å². The number of hydrogen-bond acceptors (Lipinski definition) is 4. The minimum atomic E-state index is 0.979. The second-order valence-corrected chi connectivity index (χ2v) is 19.0. The molecule has 0 aliphatic rings. The van der Waals surface area contributed by atoms with Gasteiger partial charge in [0.05, 0.1) is 0 Å². The Morgan fingerprint density at radius 2 is 0.434 bits per heavy atom. The van der Waals surface area contributed by atoms with E-state index in [2.05, 4.69) is 316 Å². The summed E-state index contributed by atoms with van der Waals surface area (Å²) in [6.45, 7) is 19.1. The minimum Gasteiger partial charge on any atom is -0.372 e. The first-order valence-corrected chi connectivity index (χ1v) is 27.4. The van der Waals surface area contributed by atoms with Crippen LogP contribution in [0, 0.1) is 0 Å². The first kappa shape index (κ1) is 52.3. The van der Waals surface area contributed by atoms with Crippen molar-refractivity contribution in [3.63, 3.8) is 0 Å². The van der Waals surface area contributed by atoms with E-state index in [1.807, 2.05) is 0 Å². The van der Waals surface area contributed by atoms with E-state index in [0.29, 0.717) is 0 Å². The lowest BCUT2D eigenvalue weighted by atomic mass is 9.95. The summed E-state index contributed by atoms with van der Waals surface area (Å²) in [5.41, 5.74) is 21.0. The quantitative estimate of drug-likeness (QED) is 0.0665. The van der Waals surface area contributed by atoms with Crippen molar-refractivity contribution >= 4 is 69.1 Å². The largest absolute Gasteiger partial charge is 0.372 e. The fraction of sp³-hybridized carbons (Fsp3) is 0.167. The Morgan fingerprint density at radius 1 is 0.237 bits per heavy atom. The highest BCUT2D eigenvalue weighted by Crippen LogP contribution is 2.38. The van der Waals surface area contributed by atoms with Gasteiger partial charge in [-0.1, -0.05) is 164 Å². The number of nitrogens with zero attached hydrogens (tertiary/aromatic N) is 4. The van der Waals surface area contributed by atoms with Gasteiger partial charge in [-0.05, 0) is 199 Å². The van der Waals surface area contributed by atoms with Gasteiger partial charge in [-0.25, -0.2) is 0 Å².